The average molecular weight is 192 g/mol. The molecule has 0 spiro atoms. The molecule has 1 heterocycles. The number of benzene rings is 1. The van der Waals surface area contributed by atoms with Crippen molar-refractivity contribution in [2.24, 2.45) is 0 Å². The summed E-state index contributed by atoms with van der Waals surface area (Å²) in [6.07, 6.45) is 1.78. The van der Waals surface area contributed by atoms with Gasteiger partial charge < -0.3 is 9.57 Å². The molecule has 0 amide bonds. The Morgan fingerprint density at radius 1 is 1.43 bits per heavy atom. The van der Waals surface area contributed by atoms with Crippen LogP contribution in [0.15, 0.2) is 24.4 Å². The molecule has 0 fully saturated rings. The minimum atomic E-state index is 0.199. The third kappa shape index (κ3) is 1.56. The predicted molar refractivity (Wildman–Crippen MR) is 52.9 cm³/mol. The van der Waals surface area contributed by atoms with E-state index in [4.69, 9.17) is 9.57 Å². The van der Waals surface area contributed by atoms with Gasteiger partial charge in [0.05, 0.1) is 6.20 Å². The van der Waals surface area contributed by atoms with Gasteiger partial charge in [0.2, 0.25) is 6.79 Å². The van der Waals surface area contributed by atoms with Crippen LogP contribution in [0.4, 0.5) is 0 Å². The first-order valence-corrected chi connectivity index (χ1v) is 4.38. The Morgan fingerprint density at radius 2 is 2.29 bits per heavy atom. The summed E-state index contributed by atoms with van der Waals surface area (Å²) in [5.41, 5.74) is 2.16. The van der Waals surface area contributed by atoms with Gasteiger partial charge in [0.1, 0.15) is 5.52 Å². The van der Waals surface area contributed by atoms with E-state index in [1.165, 1.54) is 10.4 Å². The number of ether oxygens (including phenoxy) is 1. The zero-order valence-corrected chi connectivity index (χ0v) is 8.23. The van der Waals surface area contributed by atoms with Crippen LogP contribution in [0, 0.1) is 6.92 Å². The highest BCUT2D eigenvalue weighted by Crippen LogP contribution is 2.13. The maximum absolute atomic E-state index is 5.23. The highest BCUT2D eigenvalue weighted by atomic mass is 16.8. The first kappa shape index (κ1) is 9.02. The van der Waals surface area contributed by atoms with E-state index in [0.717, 1.165) is 10.9 Å². The smallest absolute Gasteiger partial charge is 0.216 e. The van der Waals surface area contributed by atoms with Crippen LogP contribution in [0.5, 0.6) is 0 Å². The van der Waals surface area contributed by atoms with E-state index < -0.39 is 0 Å². The van der Waals surface area contributed by atoms with E-state index in [1.54, 1.807) is 13.3 Å². The summed E-state index contributed by atoms with van der Waals surface area (Å²) in [7, 11) is 1.58. The molecule has 0 aliphatic rings. The Balaban J connectivity index is 2.37. The number of methoxy groups -OCH3 is 1. The molecule has 0 radical (unpaired) electrons. The molecule has 0 atom stereocenters. The van der Waals surface area contributed by atoms with Crippen LogP contribution in [0.3, 0.4) is 0 Å². The molecule has 0 aliphatic heterocycles. The lowest BCUT2D eigenvalue weighted by molar-refractivity contribution is -0.0464. The SMILES string of the molecule is COCOn1ncc2cc(C)ccc21. The molecule has 0 aliphatic carbocycles. The lowest BCUT2D eigenvalue weighted by Crippen LogP contribution is -2.14. The third-order valence-corrected chi connectivity index (χ3v) is 1.98. The Hall–Kier alpha value is -1.55. The fourth-order valence-electron chi connectivity index (χ4n) is 1.33. The summed E-state index contributed by atoms with van der Waals surface area (Å²) >= 11 is 0. The number of rotatable bonds is 3. The topological polar surface area (TPSA) is 36.3 Å². The fourth-order valence-corrected chi connectivity index (χ4v) is 1.33. The molecule has 0 bridgehead atoms. The normalized spacial score (nSPS) is 10.7. The maximum Gasteiger partial charge on any atom is 0.216 e. The molecule has 4 nitrogen and oxygen atoms in total. The van der Waals surface area contributed by atoms with Crippen molar-refractivity contribution >= 4 is 10.9 Å². The summed E-state index contributed by atoms with van der Waals surface area (Å²) < 4.78 is 4.80. The van der Waals surface area contributed by atoms with Gasteiger partial charge in [0, 0.05) is 12.5 Å². The molecular formula is C10H12N2O2. The van der Waals surface area contributed by atoms with E-state index >= 15 is 0 Å². The summed E-state index contributed by atoms with van der Waals surface area (Å²) in [5, 5.41) is 5.16. The minimum absolute atomic E-state index is 0.199. The second kappa shape index (κ2) is 3.67. The molecule has 0 saturated carbocycles. The standard InChI is InChI=1S/C10H12N2O2/c1-8-3-4-10-9(5-8)6-11-12(10)14-7-13-2/h3-6H,7H2,1-2H3. The van der Waals surface area contributed by atoms with Crippen LogP contribution < -0.4 is 4.84 Å². The second-order valence-electron chi connectivity index (χ2n) is 3.12. The molecule has 2 aromatic rings. The molecule has 0 N–H and O–H groups in total. The highest BCUT2D eigenvalue weighted by Gasteiger charge is 2.02. The maximum atomic E-state index is 5.23. The van der Waals surface area contributed by atoms with Gasteiger partial charge in [-0.15, -0.1) is 5.10 Å². The van der Waals surface area contributed by atoms with Gasteiger partial charge >= 0.3 is 0 Å². The second-order valence-corrected chi connectivity index (χ2v) is 3.12. The van der Waals surface area contributed by atoms with Crippen LogP contribution >= 0.6 is 0 Å². The van der Waals surface area contributed by atoms with Gasteiger partial charge in [-0.2, -0.15) is 0 Å². The van der Waals surface area contributed by atoms with Crippen LogP contribution in [0.1, 0.15) is 5.56 Å². The fraction of sp³-hybridized carbons (Fsp3) is 0.300. The van der Waals surface area contributed by atoms with Crippen LogP contribution in [-0.2, 0) is 4.74 Å². The largest absolute Gasteiger partial charge is 0.367 e. The molecular weight excluding hydrogens is 180 g/mol. The van der Waals surface area contributed by atoms with Crippen LogP contribution in [-0.4, -0.2) is 23.8 Å². The number of hydrogen-bond donors (Lipinski definition) is 0. The minimum Gasteiger partial charge on any atom is -0.367 e. The zero-order chi connectivity index (χ0) is 9.97. The van der Waals surface area contributed by atoms with Crippen molar-refractivity contribution in [3.05, 3.63) is 30.0 Å². The number of nitrogens with zero attached hydrogens (tertiary/aromatic N) is 2. The predicted octanol–water partition coefficient (Wildman–Crippen LogP) is 1.38. The zero-order valence-electron chi connectivity index (χ0n) is 8.23. The van der Waals surface area contributed by atoms with Crippen molar-refractivity contribution in [2.75, 3.05) is 13.9 Å². The molecule has 2 rings (SSSR count). The Bertz CT molecular complexity index is 437. The van der Waals surface area contributed by atoms with E-state index in [2.05, 4.69) is 11.2 Å². The van der Waals surface area contributed by atoms with Crippen molar-refractivity contribution < 1.29 is 9.57 Å². The van der Waals surface area contributed by atoms with Crippen LogP contribution in [0.2, 0.25) is 0 Å². The first-order valence-electron chi connectivity index (χ1n) is 4.38. The third-order valence-electron chi connectivity index (χ3n) is 1.98. The number of fused-ring (bicyclic) bond motifs is 1. The monoisotopic (exact) mass is 192 g/mol. The quantitative estimate of drug-likeness (QED) is 0.689. The molecule has 4 heteroatoms. The summed E-state index contributed by atoms with van der Waals surface area (Å²) in [5.74, 6) is 0. The van der Waals surface area contributed by atoms with Crippen LogP contribution in [0.25, 0.3) is 10.9 Å². The summed E-state index contributed by atoms with van der Waals surface area (Å²) in [6, 6.07) is 6.07. The molecule has 74 valence electrons. The lowest BCUT2D eigenvalue weighted by Gasteiger charge is -2.04. The molecule has 1 aromatic carbocycles. The van der Waals surface area contributed by atoms with E-state index in [1.807, 2.05) is 19.1 Å². The summed E-state index contributed by atoms with van der Waals surface area (Å²) in [6.45, 7) is 2.25. The Morgan fingerprint density at radius 3 is 3.07 bits per heavy atom. The van der Waals surface area contributed by atoms with Crippen molar-refractivity contribution in [3.8, 4) is 0 Å². The number of hydrogen-bond acceptors (Lipinski definition) is 3. The lowest BCUT2D eigenvalue weighted by atomic mass is 10.2. The van der Waals surface area contributed by atoms with E-state index in [-0.39, 0.29) is 6.79 Å². The van der Waals surface area contributed by atoms with Gasteiger partial charge in [-0.3, -0.25) is 0 Å². The van der Waals surface area contributed by atoms with Gasteiger partial charge in [-0.25, -0.2) is 0 Å². The average Bonchev–Trinajstić information content (AvgIpc) is 2.57. The van der Waals surface area contributed by atoms with Gasteiger partial charge in [-0.1, -0.05) is 16.5 Å². The molecule has 0 unspecified atom stereocenters. The Kier molecular flexibility index (Phi) is 2.37. The molecule has 1 aromatic heterocycles. The summed E-state index contributed by atoms with van der Waals surface area (Å²) in [4.78, 5) is 6.70. The first-order chi connectivity index (χ1) is 6.81. The highest BCUT2D eigenvalue weighted by molar-refractivity contribution is 5.78. The molecule has 0 saturated heterocycles. The van der Waals surface area contributed by atoms with E-state index in [9.17, 15) is 0 Å². The van der Waals surface area contributed by atoms with Crippen molar-refractivity contribution in [3.63, 3.8) is 0 Å². The molecule has 14 heavy (non-hydrogen) atoms. The van der Waals surface area contributed by atoms with Gasteiger partial charge in [0.15, 0.2) is 0 Å². The van der Waals surface area contributed by atoms with Gasteiger partial charge in [-0.05, 0) is 19.1 Å². The number of aryl methyl sites for hydroxylation is 1. The van der Waals surface area contributed by atoms with Gasteiger partial charge in [0.25, 0.3) is 0 Å². The van der Waals surface area contributed by atoms with Crippen molar-refractivity contribution in [2.45, 2.75) is 6.92 Å². The Labute approximate surface area is 82.0 Å². The number of aromatic nitrogens is 2. The van der Waals surface area contributed by atoms with Crippen molar-refractivity contribution in [1.29, 1.82) is 0 Å². The van der Waals surface area contributed by atoms with E-state index in [0.29, 0.717) is 0 Å². The van der Waals surface area contributed by atoms with Crippen molar-refractivity contribution in [1.82, 2.24) is 9.94 Å².